The first-order valence-electron chi connectivity index (χ1n) is 8.32. The number of carbonyl (C=O) groups is 3. The number of phenols is 1. The highest BCUT2D eigenvalue weighted by atomic mass is 16.6. The molecular formula is C18H26N2O6. The summed E-state index contributed by atoms with van der Waals surface area (Å²) in [6.45, 7) is 6.79. The van der Waals surface area contributed by atoms with Crippen molar-refractivity contribution < 1.29 is 29.3 Å². The lowest BCUT2D eigenvalue weighted by molar-refractivity contribution is -0.142. The van der Waals surface area contributed by atoms with Crippen LogP contribution in [0, 0.1) is 0 Å². The van der Waals surface area contributed by atoms with Crippen molar-refractivity contribution in [2.75, 3.05) is 0 Å². The lowest BCUT2D eigenvalue weighted by Crippen LogP contribution is -2.52. The standard InChI is InChI=1S/C18H26N2O6/c1-5-13(20-17(25)26-18(2,3)4)15(22)19-14(16(23)24)10-11-6-8-12(21)9-7-11/h6-9,13-14,21H,5,10H2,1-4H3,(H,19,22)(H,20,25)(H,23,24). The first-order valence-corrected chi connectivity index (χ1v) is 8.32. The van der Waals surface area contributed by atoms with E-state index in [9.17, 15) is 24.6 Å². The molecule has 0 aliphatic heterocycles. The second-order valence-electron chi connectivity index (χ2n) is 6.88. The van der Waals surface area contributed by atoms with Crippen molar-refractivity contribution in [1.82, 2.24) is 10.6 Å². The van der Waals surface area contributed by atoms with Gasteiger partial charge in [-0.2, -0.15) is 0 Å². The van der Waals surface area contributed by atoms with E-state index in [-0.39, 0.29) is 18.6 Å². The summed E-state index contributed by atoms with van der Waals surface area (Å²) in [5, 5.41) is 23.5. The number of nitrogens with one attached hydrogen (secondary N) is 2. The molecule has 0 heterocycles. The maximum absolute atomic E-state index is 12.3. The number of carboxylic acid groups (broad SMARTS) is 1. The van der Waals surface area contributed by atoms with Crippen LogP contribution in [0.4, 0.5) is 4.79 Å². The van der Waals surface area contributed by atoms with Gasteiger partial charge in [-0.15, -0.1) is 0 Å². The molecule has 2 unspecified atom stereocenters. The van der Waals surface area contributed by atoms with Crippen molar-refractivity contribution in [3.8, 4) is 5.75 Å². The predicted molar refractivity (Wildman–Crippen MR) is 94.8 cm³/mol. The molecule has 8 nitrogen and oxygen atoms in total. The summed E-state index contributed by atoms with van der Waals surface area (Å²) in [5.41, 5.74) is -0.0648. The zero-order valence-electron chi connectivity index (χ0n) is 15.4. The Morgan fingerprint density at radius 1 is 1.08 bits per heavy atom. The summed E-state index contributed by atoms with van der Waals surface area (Å²) in [7, 11) is 0. The zero-order chi connectivity index (χ0) is 19.9. The number of alkyl carbamates (subject to hydrolysis) is 1. The van der Waals surface area contributed by atoms with Gasteiger partial charge in [-0.3, -0.25) is 4.79 Å². The fourth-order valence-electron chi connectivity index (χ4n) is 2.14. The van der Waals surface area contributed by atoms with E-state index in [2.05, 4.69) is 10.6 Å². The van der Waals surface area contributed by atoms with E-state index in [0.717, 1.165) is 0 Å². The van der Waals surface area contributed by atoms with Crippen LogP contribution in [0.1, 0.15) is 39.7 Å². The molecule has 1 aromatic rings. The molecule has 0 saturated carbocycles. The molecule has 0 aromatic heterocycles. The van der Waals surface area contributed by atoms with Crippen molar-refractivity contribution in [2.24, 2.45) is 0 Å². The highest BCUT2D eigenvalue weighted by Gasteiger charge is 2.27. The Bertz CT molecular complexity index is 636. The van der Waals surface area contributed by atoms with E-state index in [1.165, 1.54) is 12.1 Å². The largest absolute Gasteiger partial charge is 0.508 e. The van der Waals surface area contributed by atoms with E-state index >= 15 is 0 Å². The topological polar surface area (TPSA) is 125 Å². The molecule has 8 heteroatoms. The van der Waals surface area contributed by atoms with Crippen LogP contribution in [0.15, 0.2) is 24.3 Å². The fraction of sp³-hybridized carbons (Fsp3) is 0.500. The van der Waals surface area contributed by atoms with Crippen molar-refractivity contribution >= 4 is 18.0 Å². The molecular weight excluding hydrogens is 340 g/mol. The van der Waals surface area contributed by atoms with Gasteiger partial charge < -0.3 is 25.6 Å². The van der Waals surface area contributed by atoms with Crippen LogP contribution in [0.5, 0.6) is 5.75 Å². The average molecular weight is 366 g/mol. The van der Waals surface area contributed by atoms with Crippen LogP contribution < -0.4 is 10.6 Å². The van der Waals surface area contributed by atoms with Gasteiger partial charge in [0.25, 0.3) is 0 Å². The number of aromatic hydroxyl groups is 1. The SMILES string of the molecule is CCC(NC(=O)OC(C)(C)C)C(=O)NC(Cc1ccc(O)cc1)C(=O)O. The smallest absolute Gasteiger partial charge is 0.408 e. The number of carboxylic acids is 1. The lowest BCUT2D eigenvalue weighted by atomic mass is 10.0. The lowest BCUT2D eigenvalue weighted by Gasteiger charge is -2.24. The number of hydrogen-bond acceptors (Lipinski definition) is 5. The van der Waals surface area contributed by atoms with Crippen molar-refractivity contribution in [3.63, 3.8) is 0 Å². The number of aliphatic carboxylic acids is 1. The summed E-state index contributed by atoms with van der Waals surface area (Å²) >= 11 is 0. The van der Waals surface area contributed by atoms with E-state index in [0.29, 0.717) is 5.56 Å². The number of hydrogen-bond donors (Lipinski definition) is 4. The Labute approximate surface area is 152 Å². The van der Waals surface area contributed by atoms with Crippen LogP contribution in [0.3, 0.4) is 0 Å². The molecule has 4 N–H and O–H groups in total. The van der Waals surface area contributed by atoms with E-state index in [1.807, 2.05) is 0 Å². The summed E-state index contributed by atoms with van der Waals surface area (Å²) in [6.07, 6.45) is -0.425. The fourth-order valence-corrected chi connectivity index (χ4v) is 2.14. The van der Waals surface area contributed by atoms with Gasteiger partial charge in [0.2, 0.25) is 5.91 Å². The number of rotatable bonds is 7. The molecule has 0 saturated heterocycles. The minimum atomic E-state index is -1.20. The third-order valence-electron chi connectivity index (χ3n) is 3.41. The monoisotopic (exact) mass is 366 g/mol. The van der Waals surface area contributed by atoms with E-state index in [1.54, 1.807) is 39.8 Å². The van der Waals surface area contributed by atoms with Gasteiger partial charge in [-0.05, 0) is 44.9 Å². The summed E-state index contributed by atoms with van der Waals surface area (Å²) < 4.78 is 5.11. The highest BCUT2D eigenvalue weighted by molar-refractivity contribution is 5.89. The molecule has 2 amide bonds. The predicted octanol–water partition coefficient (Wildman–Crippen LogP) is 1.81. The third-order valence-corrected chi connectivity index (χ3v) is 3.41. The second-order valence-corrected chi connectivity index (χ2v) is 6.88. The van der Waals surface area contributed by atoms with Gasteiger partial charge in [0, 0.05) is 6.42 Å². The van der Waals surface area contributed by atoms with Gasteiger partial charge in [0.15, 0.2) is 0 Å². The number of ether oxygens (including phenoxy) is 1. The Hall–Kier alpha value is -2.77. The number of phenolic OH excluding ortho intramolecular Hbond substituents is 1. The molecule has 0 spiro atoms. The maximum Gasteiger partial charge on any atom is 0.408 e. The molecule has 0 radical (unpaired) electrons. The molecule has 0 aliphatic rings. The molecule has 144 valence electrons. The number of amides is 2. The Kier molecular flexibility index (Phi) is 7.42. The summed E-state index contributed by atoms with van der Waals surface area (Å²) in [6, 6.07) is 3.96. The molecule has 26 heavy (non-hydrogen) atoms. The molecule has 0 aliphatic carbocycles. The van der Waals surface area contributed by atoms with E-state index < -0.39 is 35.7 Å². The number of benzene rings is 1. The van der Waals surface area contributed by atoms with Gasteiger partial charge in [0.05, 0.1) is 0 Å². The van der Waals surface area contributed by atoms with Crippen LogP contribution in [0.25, 0.3) is 0 Å². The highest BCUT2D eigenvalue weighted by Crippen LogP contribution is 2.12. The Morgan fingerprint density at radius 2 is 1.65 bits per heavy atom. The second kappa shape index (κ2) is 9.07. The van der Waals surface area contributed by atoms with Gasteiger partial charge in [-0.25, -0.2) is 9.59 Å². The quantitative estimate of drug-likeness (QED) is 0.583. The van der Waals surface area contributed by atoms with Crippen LogP contribution in [-0.4, -0.2) is 45.9 Å². The van der Waals surface area contributed by atoms with E-state index in [4.69, 9.17) is 4.74 Å². The molecule has 0 fully saturated rings. The molecule has 2 atom stereocenters. The van der Waals surface area contributed by atoms with Gasteiger partial charge >= 0.3 is 12.1 Å². The minimum Gasteiger partial charge on any atom is -0.508 e. The summed E-state index contributed by atoms with van der Waals surface area (Å²) in [4.78, 5) is 35.6. The zero-order valence-corrected chi connectivity index (χ0v) is 15.4. The Morgan fingerprint density at radius 3 is 2.12 bits per heavy atom. The first-order chi connectivity index (χ1) is 12.0. The van der Waals surface area contributed by atoms with Crippen LogP contribution >= 0.6 is 0 Å². The minimum absolute atomic E-state index is 0.0459. The van der Waals surface area contributed by atoms with Crippen LogP contribution in [0.2, 0.25) is 0 Å². The molecule has 0 bridgehead atoms. The van der Waals surface area contributed by atoms with Crippen molar-refractivity contribution in [3.05, 3.63) is 29.8 Å². The normalized spacial score (nSPS) is 13.4. The summed E-state index contributed by atoms with van der Waals surface area (Å²) in [5.74, 6) is -1.74. The van der Waals surface area contributed by atoms with Gasteiger partial charge in [-0.1, -0.05) is 19.1 Å². The maximum atomic E-state index is 12.3. The van der Waals surface area contributed by atoms with Crippen LogP contribution in [-0.2, 0) is 20.7 Å². The van der Waals surface area contributed by atoms with Gasteiger partial charge in [0.1, 0.15) is 23.4 Å². The Balaban J connectivity index is 2.73. The molecule has 1 aromatic carbocycles. The number of carbonyl (C=O) groups excluding carboxylic acids is 2. The average Bonchev–Trinajstić information content (AvgIpc) is 2.52. The molecule has 1 rings (SSSR count). The first kappa shape index (κ1) is 21.3. The third kappa shape index (κ3) is 7.42. The van der Waals surface area contributed by atoms with Crippen molar-refractivity contribution in [1.29, 1.82) is 0 Å². The van der Waals surface area contributed by atoms with Crippen molar-refractivity contribution in [2.45, 2.75) is 58.2 Å².